The second-order valence-corrected chi connectivity index (χ2v) is 6.69. The molecule has 5 nitrogen and oxygen atoms in total. The molecule has 0 bridgehead atoms. The quantitative estimate of drug-likeness (QED) is 0.681. The van der Waals surface area contributed by atoms with E-state index in [1.54, 1.807) is 12.9 Å². The van der Waals surface area contributed by atoms with Gasteiger partial charge in [-0.25, -0.2) is 4.79 Å². The molecular weight excluding hydrogens is 296 g/mol. The molecule has 0 aliphatic heterocycles. The molecule has 1 aromatic heterocycles. The minimum atomic E-state index is -0.280. The standard InChI is InChI=1S/C18H18O5/c1-10-6-13(20)16-14(23-10)7-11-9-18(2,3)15(22-5-4-19)8-12(11)17(16)21/h5-7,15,21H,8-9H2,1-3H3. The summed E-state index contributed by atoms with van der Waals surface area (Å²) in [4.78, 5) is 22.6. The van der Waals surface area contributed by atoms with Crippen molar-refractivity contribution in [3.05, 3.63) is 45.5 Å². The zero-order valence-corrected chi connectivity index (χ0v) is 13.3. The topological polar surface area (TPSA) is 76.7 Å². The molecule has 0 radical (unpaired) electrons. The summed E-state index contributed by atoms with van der Waals surface area (Å²) >= 11 is 0. The number of hydrogen-bond donors (Lipinski definition) is 1. The fourth-order valence-electron chi connectivity index (χ4n) is 3.31. The second kappa shape index (κ2) is 5.28. The van der Waals surface area contributed by atoms with Gasteiger partial charge in [0.1, 0.15) is 28.6 Å². The fourth-order valence-corrected chi connectivity index (χ4v) is 3.31. The van der Waals surface area contributed by atoms with Gasteiger partial charge in [-0.1, -0.05) is 13.8 Å². The van der Waals surface area contributed by atoms with E-state index in [4.69, 9.17) is 9.15 Å². The van der Waals surface area contributed by atoms with Crippen LogP contribution in [0.15, 0.2) is 27.6 Å². The lowest BCUT2D eigenvalue weighted by Crippen LogP contribution is -2.39. The Hall–Kier alpha value is -2.52. The number of rotatable bonds is 2. The van der Waals surface area contributed by atoms with Gasteiger partial charge >= 0.3 is 0 Å². The van der Waals surface area contributed by atoms with E-state index in [2.05, 4.69) is 0 Å². The molecule has 1 heterocycles. The zero-order valence-electron chi connectivity index (χ0n) is 13.3. The second-order valence-electron chi connectivity index (χ2n) is 6.69. The maximum Gasteiger partial charge on any atom is 0.196 e. The lowest BCUT2D eigenvalue weighted by Gasteiger charge is -2.38. The summed E-state index contributed by atoms with van der Waals surface area (Å²) in [6.07, 6.45) is 1.78. The normalized spacial score (nSPS) is 19.0. The van der Waals surface area contributed by atoms with Crippen LogP contribution in [0.4, 0.5) is 0 Å². The Morgan fingerprint density at radius 2 is 2.17 bits per heavy atom. The smallest absolute Gasteiger partial charge is 0.196 e. The van der Waals surface area contributed by atoms with Gasteiger partial charge in [-0.2, -0.15) is 0 Å². The van der Waals surface area contributed by atoms with Crippen LogP contribution in [0.1, 0.15) is 30.7 Å². The Morgan fingerprint density at radius 3 is 2.87 bits per heavy atom. The van der Waals surface area contributed by atoms with E-state index in [0.29, 0.717) is 29.7 Å². The third-order valence-corrected chi connectivity index (χ3v) is 4.50. The fraction of sp³-hybridized carbons (Fsp3) is 0.389. The van der Waals surface area contributed by atoms with Gasteiger partial charge in [0.2, 0.25) is 0 Å². The van der Waals surface area contributed by atoms with Gasteiger partial charge < -0.3 is 14.3 Å². The summed E-state index contributed by atoms with van der Waals surface area (Å²) in [6, 6.07) is 3.19. The van der Waals surface area contributed by atoms with Crippen LogP contribution in [0.25, 0.3) is 11.0 Å². The van der Waals surface area contributed by atoms with Crippen LogP contribution >= 0.6 is 0 Å². The molecule has 1 aromatic carbocycles. The number of phenolic OH excluding ortho intramolecular Hbond substituents is 1. The van der Waals surface area contributed by atoms with Crippen molar-refractivity contribution in [1.82, 2.24) is 0 Å². The van der Waals surface area contributed by atoms with E-state index >= 15 is 0 Å². The zero-order chi connectivity index (χ0) is 16.8. The summed E-state index contributed by atoms with van der Waals surface area (Å²) in [5.41, 5.74) is 1.51. The molecule has 23 heavy (non-hydrogen) atoms. The van der Waals surface area contributed by atoms with Crippen LogP contribution in [0.2, 0.25) is 0 Å². The van der Waals surface area contributed by atoms with Crippen LogP contribution in [-0.4, -0.2) is 17.2 Å². The molecule has 1 N–H and O–H groups in total. The monoisotopic (exact) mass is 314 g/mol. The molecular formula is C18H18O5. The van der Waals surface area contributed by atoms with E-state index in [9.17, 15) is 14.7 Å². The maximum absolute atomic E-state index is 12.2. The van der Waals surface area contributed by atoms with Crippen LogP contribution in [0.5, 0.6) is 5.75 Å². The maximum atomic E-state index is 12.2. The molecule has 0 saturated carbocycles. The van der Waals surface area contributed by atoms with Gasteiger partial charge in [0.25, 0.3) is 0 Å². The van der Waals surface area contributed by atoms with Crippen LogP contribution < -0.4 is 5.43 Å². The highest BCUT2D eigenvalue weighted by Crippen LogP contribution is 2.42. The summed E-state index contributed by atoms with van der Waals surface area (Å²) in [7, 11) is 0. The number of benzene rings is 1. The first kappa shape index (κ1) is 15.4. The molecule has 0 amide bonds. The van der Waals surface area contributed by atoms with Gasteiger partial charge in [0.15, 0.2) is 17.6 Å². The molecule has 1 atom stereocenters. The predicted molar refractivity (Wildman–Crippen MR) is 85.2 cm³/mol. The first-order chi connectivity index (χ1) is 10.8. The van der Waals surface area contributed by atoms with E-state index in [1.807, 2.05) is 19.9 Å². The van der Waals surface area contributed by atoms with Gasteiger partial charge in [0, 0.05) is 23.5 Å². The van der Waals surface area contributed by atoms with Crippen LogP contribution in [0.3, 0.4) is 0 Å². The minimum absolute atomic E-state index is 0.0505. The molecule has 5 heteroatoms. The van der Waals surface area contributed by atoms with Gasteiger partial charge in [0.05, 0.1) is 0 Å². The average Bonchev–Trinajstić information content (AvgIpc) is 2.43. The highest BCUT2D eigenvalue weighted by atomic mass is 16.5. The highest BCUT2D eigenvalue weighted by molar-refractivity contribution is 5.86. The van der Waals surface area contributed by atoms with Crippen molar-refractivity contribution in [1.29, 1.82) is 0 Å². The number of aryl methyl sites for hydroxylation is 1. The van der Waals surface area contributed by atoms with Crippen molar-refractivity contribution >= 4 is 16.9 Å². The van der Waals surface area contributed by atoms with Crippen molar-refractivity contribution in [2.45, 2.75) is 39.7 Å². The Labute approximate surface area is 133 Å². The molecule has 0 spiro atoms. The van der Waals surface area contributed by atoms with Crippen LogP contribution in [-0.2, 0) is 22.4 Å². The Bertz CT molecular complexity index is 884. The molecule has 0 fully saturated rings. The number of fused-ring (bicyclic) bond motifs is 2. The summed E-state index contributed by atoms with van der Waals surface area (Å²) in [6.45, 7) is 5.77. The van der Waals surface area contributed by atoms with E-state index < -0.39 is 0 Å². The SMILES string of the molecule is Cc1cc(=O)c2c(O)c3c(cc2o1)CC(C)(C)C(OC=C=O)C3. The average molecular weight is 314 g/mol. The van der Waals surface area contributed by atoms with E-state index in [0.717, 1.165) is 11.8 Å². The number of carbonyl (C=O) groups excluding carboxylic acids is 1. The van der Waals surface area contributed by atoms with Crippen LogP contribution in [0, 0.1) is 12.3 Å². The molecule has 1 unspecified atom stereocenters. The summed E-state index contributed by atoms with van der Waals surface area (Å²) in [5, 5.41) is 10.8. The number of phenols is 1. The number of hydrogen-bond acceptors (Lipinski definition) is 5. The first-order valence-corrected chi connectivity index (χ1v) is 7.46. The Morgan fingerprint density at radius 1 is 1.43 bits per heavy atom. The highest BCUT2D eigenvalue weighted by Gasteiger charge is 2.38. The minimum Gasteiger partial charge on any atom is -0.507 e. The third kappa shape index (κ3) is 2.53. The number of aromatic hydroxyl groups is 1. The third-order valence-electron chi connectivity index (χ3n) is 4.50. The van der Waals surface area contributed by atoms with Crippen molar-refractivity contribution in [3.63, 3.8) is 0 Å². The van der Waals surface area contributed by atoms with Gasteiger partial charge in [-0.05, 0) is 25.0 Å². The predicted octanol–water partition coefficient (Wildman–Crippen LogP) is 2.66. The van der Waals surface area contributed by atoms with Crippen molar-refractivity contribution < 1.29 is 19.1 Å². The Balaban J connectivity index is 2.20. The summed E-state index contributed by atoms with van der Waals surface area (Å²) in [5.74, 6) is 2.07. The first-order valence-electron chi connectivity index (χ1n) is 7.46. The van der Waals surface area contributed by atoms with Gasteiger partial charge in [-0.3, -0.25) is 4.79 Å². The number of ether oxygens (including phenoxy) is 1. The lowest BCUT2D eigenvalue weighted by atomic mass is 9.71. The molecule has 120 valence electrons. The van der Waals surface area contributed by atoms with E-state index in [1.165, 1.54) is 6.07 Å². The van der Waals surface area contributed by atoms with Crippen molar-refractivity contribution in [3.8, 4) is 5.75 Å². The molecule has 1 aliphatic rings. The van der Waals surface area contributed by atoms with Crippen molar-refractivity contribution in [2.24, 2.45) is 5.41 Å². The molecule has 2 aromatic rings. The molecule has 1 aliphatic carbocycles. The lowest BCUT2D eigenvalue weighted by molar-refractivity contribution is 0.0281. The summed E-state index contributed by atoms with van der Waals surface area (Å²) < 4.78 is 11.1. The molecule has 0 saturated heterocycles. The van der Waals surface area contributed by atoms with Gasteiger partial charge in [-0.15, -0.1) is 0 Å². The largest absolute Gasteiger partial charge is 0.507 e. The Kier molecular flexibility index (Phi) is 3.53. The van der Waals surface area contributed by atoms with E-state index in [-0.39, 0.29) is 28.1 Å². The molecule has 3 rings (SSSR count). The van der Waals surface area contributed by atoms with Crippen molar-refractivity contribution in [2.75, 3.05) is 0 Å².